The summed E-state index contributed by atoms with van der Waals surface area (Å²) in [7, 11) is 0. The smallest absolute Gasteiger partial charge is 0.165 e. The Balaban J connectivity index is 2.32. The normalized spacial score (nSPS) is 9.89. The summed E-state index contributed by atoms with van der Waals surface area (Å²) in [5, 5.41) is 9.02. The zero-order valence-corrected chi connectivity index (χ0v) is 10.3. The van der Waals surface area contributed by atoms with Crippen LogP contribution in [-0.4, -0.2) is 0 Å². The Kier molecular flexibility index (Phi) is 3.50. The van der Waals surface area contributed by atoms with Crippen LogP contribution in [0.1, 0.15) is 11.1 Å². The van der Waals surface area contributed by atoms with Gasteiger partial charge in [0, 0.05) is 6.07 Å². The fourth-order valence-corrected chi connectivity index (χ4v) is 1.68. The van der Waals surface area contributed by atoms with Gasteiger partial charge in [-0.05, 0) is 36.8 Å². The highest BCUT2D eigenvalue weighted by molar-refractivity contribution is 6.31. The lowest BCUT2D eigenvalue weighted by molar-refractivity contribution is 0.442. The summed E-state index contributed by atoms with van der Waals surface area (Å²) in [6, 6.07) is 11.1. The van der Waals surface area contributed by atoms with Gasteiger partial charge < -0.3 is 4.74 Å². The van der Waals surface area contributed by atoms with Gasteiger partial charge in [-0.1, -0.05) is 17.7 Å². The maximum absolute atomic E-state index is 13.5. The first-order valence-electron chi connectivity index (χ1n) is 5.24. The molecule has 0 fully saturated rings. The Morgan fingerprint density at radius 1 is 1.22 bits per heavy atom. The summed E-state index contributed by atoms with van der Waals surface area (Å²) < 4.78 is 18.9. The monoisotopic (exact) mass is 261 g/mol. The van der Waals surface area contributed by atoms with E-state index in [4.69, 9.17) is 21.6 Å². The zero-order valence-electron chi connectivity index (χ0n) is 9.58. The van der Waals surface area contributed by atoms with E-state index in [9.17, 15) is 4.39 Å². The lowest BCUT2D eigenvalue weighted by Crippen LogP contribution is -1.90. The van der Waals surface area contributed by atoms with Crippen LogP contribution >= 0.6 is 11.6 Å². The van der Waals surface area contributed by atoms with Gasteiger partial charge in [-0.3, -0.25) is 0 Å². The molecule has 0 unspecified atom stereocenters. The van der Waals surface area contributed by atoms with E-state index in [1.165, 1.54) is 18.2 Å². The van der Waals surface area contributed by atoms with Crippen LogP contribution in [0.3, 0.4) is 0 Å². The quantitative estimate of drug-likeness (QED) is 0.800. The fraction of sp³-hybridized carbons (Fsp3) is 0.0714. The summed E-state index contributed by atoms with van der Waals surface area (Å²) in [4.78, 5) is 0. The average molecular weight is 262 g/mol. The zero-order chi connectivity index (χ0) is 13.1. The third-order valence-corrected chi connectivity index (χ3v) is 2.69. The maximum atomic E-state index is 13.5. The van der Waals surface area contributed by atoms with Crippen molar-refractivity contribution in [3.05, 3.63) is 58.4 Å². The number of nitriles is 1. The molecule has 0 saturated heterocycles. The number of aryl methyl sites for hydroxylation is 1. The molecule has 2 rings (SSSR count). The number of benzene rings is 2. The molecule has 0 aliphatic carbocycles. The molecule has 0 saturated carbocycles. The highest BCUT2D eigenvalue weighted by atomic mass is 35.5. The van der Waals surface area contributed by atoms with Crippen molar-refractivity contribution in [3.8, 4) is 17.6 Å². The van der Waals surface area contributed by atoms with E-state index in [1.807, 2.05) is 13.0 Å². The average Bonchev–Trinajstić information content (AvgIpc) is 2.34. The molecule has 0 N–H and O–H groups in total. The Bertz CT molecular complexity index is 634. The fourth-order valence-electron chi connectivity index (χ4n) is 1.47. The molecule has 2 aromatic carbocycles. The Labute approximate surface area is 109 Å². The van der Waals surface area contributed by atoms with E-state index in [1.54, 1.807) is 18.2 Å². The first-order chi connectivity index (χ1) is 8.60. The molecular weight excluding hydrogens is 253 g/mol. The molecule has 0 aromatic heterocycles. The molecule has 4 heteroatoms. The lowest BCUT2D eigenvalue weighted by Gasteiger charge is -2.08. The van der Waals surface area contributed by atoms with Crippen LogP contribution in [0.4, 0.5) is 4.39 Å². The van der Waals surface area contributed by atoms with E-state index in [0.717, 1.165) is 5.56 Å². The number of ether oxygens (including phenoxy) is 1. The molecule has 0 spiro atoms. The van der Waals surface area contributed by atoms with Crippen LogP contribution in [-0.2, 0) is 0 Å². The summed E-state index contributed by atoms with van der Waals surface area (Å²) in [6.07, 6.45) is 0. The van der Waals surface area contributed by atoms with Crippen molar-refractivity contribution in [1.29, 1.82) is 5.26 Å². The van der Waals surface area contributed by atoms with Gasteiger partial charge in [0.25, 0.3) is 0 Å². The van der Waals surface area contributed by atoms with Crippen molar-refractivity contribution < 1.29 is 9.13 Å². The number of rotatable bonds is 2. The van der Waals surface area contributed by atoms with Crippen LogP contribution in [0.2, 0.25) is 5.02 Å². The summed E-state index contributed by atoms with van der Waals surface area (Å²) in [5.74, 6) is 0.0837. The third-order valence-electron chi connectivity index (χ3n) is 2.38. The van der Waals surface area contributed by atoms with Crippen LogP contribution in [0.5, 0.6) is 11.5 Å². The number of halogens is 2. The maximum Gasteiger partial charge on any atom is 0.165 e. The molecule has 0 heterocycles. The molecule has 0 aliphatic rings. The summed E-state index contributed by atoms with van der Waals surface area (Å²) >= 11 is 5.87. The number of hydrogen-bond acceptors (Lipinski definition) is 2. The highest BCUT2D eigenvalue weighted by Crippen LogP contribution is 2.28. The predicted molar refractivity (Wildman–Crippen MR) is 67.4 cm³/mol. The topological polar surface area (TPSA) is 33.0 Å². The molecular formula is C14H9ClFNO. The molecule has 0 amide bonds. The van der Waals surface area contributed by atoms with Crippen LogP contribution in [0.25, 0.3) is 0 Å². The van der Waals surface area contributed by atoms with Crippen molar-refractivity contribution >= 4 is 11.6 Å². The summed E-state index contributed by atoms with van der Waals surface area (Å²) in [5.41, 5.74) is 1.25. The predicted octanol–water partition coefficient (Wildman–Crippen LogP) is 4.45. The minimum atomic E-state index is -0.443. The number of hydrogen-bond donors (Lipinski definition) is 0. The standard InChI is InChI=1S/C14H9ClFNO/c1-9-2-5-13(16)14(6-9)18-11-4-3-10(8-17)12(15)7-11/h2-7H,1H3. The van der Waals surface area contributed by atoms with Gasteiger partial charge in [-0.25, -0.2) is 4.39 Å². The minimum Gasteiger partial charge on any atom is -0.454 e. The van der Waals surface area contributed by atoms with Gasteiger partial charge in [0.2, 0.25) is 0 Å². The second kappa shape index (κ2) is 5.07. The third kappa shape index (κ3) is 2.61. The second-order valence-electron chi connectivity index (χ2n) is 3.79. The van der Waals surface area contributed by atoms with E-state index in [2.05, 4.69) is 0 Å². The van der Waals surface area contributed by atoms with Gasteiger partial charge in [-0.2, -0.15) is 5.26 Å². The van der Waals surface area contributed by atoms with E-state index in [-0.39, 0.29) is 10.8 Å². The largest absolute Gasteiger partial charge is 0.454 e. The molecule has 0 bridgehead atoms. The first-order valence-corrected chi connectivity index (χ1v) is 5.61. The Morgan fingerprint density at radius 3 is 2.67 bits per heavy atom. The van der Waals surface area contributed by atoms with Gasteiger partial charge in [0.05, 0.1) is 10.6 Å². The molecule has 0 radical (unpaired) electrons. The first kappa shape index (κ1) is 12.4. The van der Waals surface area contributed by atoms with Crippen LogP contribution in [0.15, 0.2) is 36.4 Å². The van der Waals surface area contributed by atoms with Gasteiger partial charge >= 0.3 is 0 Å². The number of nitrogens with zero attached hydrogens (tertiary/aromatic N) is 1. The van der Waals surface area contributed by atoms with E-state index >= 15 is 0 Å². The molecule has 2 aromatic rings. The molecule has 18 heavy (non-hydrogen) atoms. The van der Waals surface area contributed by atoms with Crippen molar-refractivity contribution in [2.24, 2.45) is 0 Å². The SMILES string of the molecule is Cc1ccc(F)c(Oc2ccc(C#N)c(Cl)c2)c1. The van der Waals surface area contributed by atoms with E-state index in [0.29, 0.717) is 11.3 Å². The van der Waals surface area contributed by atoms with Crippen molar-refractivity contribution in [2.75, 3.05) is 0 Å². The summed E-state index contributed by atoms with van der Waals surface area (Å²) in [6.45, 7) is 1.85. The lowest BCUT2D eigenvalue weighted by atomic mass is 10.2. The molecule has 0 aliphatic heterocycles. The second-order valence-corrected chi connectivity index (χ2v) is 4.20. The molecule has 2 nitrogen and oxygen atoms in total. The van der Waals surface area contributed by atoms with Crippen molar-refractivity contribution in [2.45, 2.75) is 6.92 Å². The molecule has 90 valence electrons. The highest BCUT2D eigenvalue weighted by Gasteiger charge is 2.07. The van der Waals surface area contributed by atoms with Gasteiger partial charge in [0.1, 0.15) is 11.8 Å². The van der Waals surface area contributed by atoms with Gasteiger partial charge in [-0.15, -0.1) is 0 Å². The molecule has 0 atom stereocenters. The van der Waals surface area contributed by atoms with Crippen LogP contribution in [0, 0.1) is 24.1 Å². The Morgan fingerprint density at radius 2 is 2.00 bits per heavy atom. The minimum absolute atomic E-state index is 0.135. The van der Waals surface area contributed by atoms with Gasteiger partial charge in [0.15, 0.2) is 11.6 Å². The van der Waals surface area contributed by atoms with Crippen molar-refractivity contribution in [3.63, 3.8) is 0 Å². The van der Waals surface area contributed by atoms with Crippen molar-refractivity contribution in [1.82, 2.24) is 0 Å². The van der Waals surface area contributed by atoms with E-state index < -0.39 is 5.82 Å². The van der Waals surface area contributed by atoms with Crippen LogP contribution < -0.4 is 4.74 Å². The Hall–Kier alpha value is -2.05.